The van der Waals surface area contributed by atoms with E-state index in [1.54, 1.807) is 0 Å². The number of aliphatic hydroxyl groups excluding tert-OH is 4. The number of rotatable bonds is 2. The van der Waals surface area contributed by atoms with Crippen molar-refractivity contribution in [1.82, 2.24) is 0 Å². The standard InChI is InChI=1S/C7H11NO5S/c9-1-3-4(10)5(11)6(12)7(13-3)8-2-14/h3-7,9-12H,1H2/t3-,4-,5+,6+,7-/m1/s1. The summed E-state index contributed by atoms with van der Waals surface area (Å²) in [7, 11) is 0. The summed E-state index contributed by atoms with van der Waals surface area (Å²) in [5.41, 5.74) is 0. The lowest BCUT2D eigenvalue weighted by Gasteiger charge is -2.37. The Bertz CT molecular complexity index is 242. The molecule has 0 aliphatic carbocycles. The van der Waals surface area contributed by atoms with E-state index in [1.165, 1.54) is 0 Å². The molecule has 5 atom stereocenters. The SMILES string of the molecule is OC[C@H]1O[C@@H](N=C=S)[C@@H](O)[C@@H](O)[C@@H]1O. The summed E-state index contributed by atoms with van der Waals surface area (Å²) >= 11 is 4.31. The Morgan fingerprint density at radius 2 is 1.86 bits per heavy atom. The van der Waals surface area contributed by atoms with E-state index in [-0.39, 0.29) is 0 Å². The normalized spacial score (nSPS) is 43.0. The molecule has 0 radical (unpaired) electrons. The van der Waals surface area contributed by atoms with Gasteiger partial charge in [0.25, 0.3) is 0 Å². The minimum absolute atomic E-state index is 0.478. The van der Waals surface area contributed by atoms with Crippen LogP contribution in [-0.2, 0) is 4.74 Å². The highest BCUT2D eigenvalue weighted by Crippen LogP contribution is 2.21. The fraction of sp³-hybridized carbons (Fsp3) is 0.857. The first-order valence-corrected chi connectivity index (χ1v) is 4.40. The van der Waals surface area contributed by atoms with Crippen LogP contribution >= 0.6 is 12.2 Å². The third-order valence-corrected chi connectivity index (χ3v) is 2.15. The third kappa shape index (κ3) is 2.15. The predicted octanol–water partition coefficient (Wildman–Crippen LogP) is -2.11. The molecule has 0 aromatic rings. The van der Waals surface area contributed by atoms with E-state index >= 15 is 0 Å². The van der Waals surface area contributed by atoms with Crippen molar-refractivity contribution in [2.24, 2.45) is 4.99 Å². The monoisotopic (exact) mass is 221 g/mol. The number of aliphatic imine (C=N–C) groups is 1. The fourth-order valence-corrected chi connectivity index (χ4v) is 1.34. The molecule has 14 heavy (non-hydrogen) atoms. The van der Waals surface area contributed by atoms with E-state index < -0.39 is 37.3 Å². The summed E-state index contributed by atoms with van der Waals surface area (Å²) in [4.78, 5) is 3.46. The van der Waals surface area contributed by atoms with Gasteiger partial charge in [-0.15, -0.1) is 0 Å². The van der Waals surface area contributed by atoms with Gasteiger partial charge in [0.1, 0.15) is 24.4 Å². The molecule has 0 unspecified atom stereocenters. The zero-order valence-corrected chi connectivity index (χ0v) is 7.96. The first-order valence-electron chi connectivity index (χ1n) is 3.99. The van der Waals surface area contributed by atoms with Gasteiger partial charge >= 0.3 is 0 Å². The number of ether oxygens (including phenoxy) is 1. The van der Waals surface area contributed by atoms with Crippen LogP contribution in [0.15, 0.2) is 4.99 Å². The zero-order valence-electron chi connectivity index (χ0n) is 7.15. The van der Waals surface area contributed by atoms with Crippen LogP contribution in [0.5, 0.6) is 0 Å². The highest BCUT2D eigenvalue weighted by atomic mass is 32.1. The Labute approximate surface area is 85.5 Å². The summed E-state index contributed by atoms with van der Waals surface area (Å²) < 4.78 is 4.97. The number of aliphatic hydroxyl groups is 4. The lowest BCUT2D eigenvalue weighted by atomic mass is 9.99. The molecule has 1 heterocycles. The first-order chi connectivity index (χ1) is 6.61. The van der Waals surface area contributed by atoms with Crippen LogP contribution in [0.1, 0.15) is 0 Å². The number of thiocarbonyl (C=S) groups is 1. The molecule has 1 aliphatic heterocycles. The highest BCUT2D eigenvalue weighted by Gasteiger charge is 2.43. The molecule has 7 heteroatoms. The topological polar surface area (TPSA) is 103 Å². The quantitative estimate of drug-likeness (QED) is 0.314. The molecule has 1 rings (SSSR count). The molecule has 1 saturated heterocycles. The van der Waals surface area contributed by atoms with Gasteiger partial charge < -0.3 is 25.2 Å². The number of nitrogens with zero attached hydrogens (tertiary/aromatic N) is 1. The smallest absolute Gasteiger partial charge is 0.186 e. The van der Waals surface area contributed by atoms with Gasteiger partial charge in [0.2, 0.25) is 0 Å². The Hall–Kier alpha value is -0.400. The maximum absolute atomic E-state index is 9.36. The van der Waals surface area contributed by atoms with Crippen LogP contribution in [0.25, 0.3) is 0 Å². The van der Waals surface area contributed by atoms with E-state index in [2.05, 4.69) is 17.2 Å². The third-order valence-electron chi connectivity index (χ3n) is 2.05. The highest BCUT2D eigenvalue weighted by molar-refractivity contribution is 7.78. The fourth-order valence-electron chi connectivity index (χ4n) is 1.24. The molecule has 0 bridgehead atoms. The molecule has 80 valence electrons. The van der Waals surface area contributed by atoms with Gasteiger partial charge in [-0.25, -0.2) is 0 Å². The minimum atomic E-state index is -1.42. The van der Waals surface area contributed by atoms with Crippen molar-refractivity contribution < 1.29 is 25.2 Å². The van der Waals surface area contributed by atoms with Gasteiger partial charge in [-0.1, -0.05) is 0 Å². The second kappa shape index (κ2) is 4.90. The molecule has 1 aliphatic rings. The van der Waals surface area contributed by atoms with Gasteiger partial charge in [-0.3, -0.25) is 0 Å². The van der Waals surface area contributed by atoms with Crippen molar-refractivity contribution in [2.75, 3.05) is 6.61 Å². The van der Waals surface area contributed by atoms with Crippen molar-refractivity contribution in [2.45, 2.75) is 30.6 Å². The van der Waals surface area contributed by atoms with E-state index in [4.69, 9.17) is 9.84 Å². The molecular weight excluding hydrogens is 210 g/mol. The van der Waals surface area contributed by atoms with E-state index in [0.29, 0.717) is 0 Å². The molecule has 6 nitrogen and oxygen atoms in total. The van der Waals surface area contributed by atoms with Crippen LogP contribution in [0.2, 0.25) is 0 Å². The summed E-state index contributed by atoms with van der Waals surface area (Å²) in [6.07, 6.45) is -6.21. The van der Waals surface area contributed by atoms with Gasteiger partial charge in [0, 0.05) is 0 Å². The lowest BCUT2D eigenvalue weighted by molar-refractivity contribution is -0.226. The Balaban J connectivity index is 2.77. The molecule has 0 aromatic heterocycles. The molecule has 0 spiro atoms. The van der Waals surface area contributed by atoms with E-state index in [1.807, 2.05) is 5.16 Å². The summed E-state index contributed by atoms with van der Waals surface area (Å²) in [6.45, 7) is -0.478. The average molecular weight is 221 g/mol. The Kier molecular flexibility index (Phi) is 4.09. The average Bonchev–Trinajstić information content (AvgIpc) is 2.19. The van der Waals surface area contributed by atoms with Crippen LogP contribution in [0.4, 0.5) is 0 Å². The molecular formula is C7H11NO5S. The minimum Gasteiger partial charge on any atom is -0.394 e. The van der Waals surface area contributed by atoms with Crippen LogP contribution < -0.4 is 0 Å². The van der Waals surface area contributed by atoms with E-state index in [9.17, 15) is 15.3 Å². The predicted molar refractivity (Wildman–Crippen MR) is 48.8 cm³/mol. The number of isothiocyanates is 1. The van der Waals surface area contributed by atoms with Gasteiger partial charge in [0.15, 0.2) is 6.23 Å². The van der Waals surface area contributed by atoms with E-state index in [0.717, 1.165) is 0 Å². The molecule has 0 amide bonds. The van der Waals surface area contributed by atoms with Crippen LogP contribution in [-0.4, -0.2) is 62.8 Å². The molecule has 0 aromatic carbocycles. The summed E-state index contributed by atoms with van der Waals surface area (Å²) in [6, 6.07) is 0. The second-order valence-electron chi connectivity index (χ2n) is 2.94. The summed E-state index contributed by atoms with van der Waals surface area (Å²) in [5.74, 6) is 0. The number of hydrogen-bond acceptors (Lipinski definition) is 7. The lowest BCUT2D eigenvalue weighted by Crippen LogP contribution is -2.57. The molecule has 1 fully saturated rings. The van der Waals surface area contributed by atoms with Crippen molar-refractivity contribution in [3.8, 4) is 0 Å². The van der Waals surface area contributed by atoms with Gasteiger partial charge in [-0.2, -0.15) is 4.99 Å². The van der Waals surface area contributed by atoms with Crippen molar-refractivity contribution in [3.05, 3.63) is 0 Å². The maximum atomic E-state index is 9.36. The number of hydrogen-bond donors (Lipinski definition) is 4. The van der Waals surface area contributed by atoms with Crippen LogP contribution in [0.3, 0.4) is 0 Å². The zero-order chi connectivity index (χ0) is 10.7. The Morgan fingerprint density at radius 3 is 2.36 bits per heavy atom. The largest absolute Gasteiger partial charge is 0.394 e. The van der Waals surface area contributed by atoms with Crippen molar-refractivity contribution in [1.29, 1.82) is 0 Å². The van der Waals surface area contributed by atoms with Crippen molar-refractivity contribution >= 4 is 17.4 Å². The van der Waals surface area contributed by atoms with Gasteiger partial charge in [0.05, 0.1) is 11.8 Å². The Morgan fingerprint density at radius 1 is 1.21 bits per heavy atom. The molecule has 4 N–H and O–H groups in total. The van der Waals surface area contributed by atoms with Gasteiger partial charge in [-0.05, 0) is 12.2 Å². The second-order valence-corrected chi connectivity index (χ2v) is 3.12. The first kappa shape index (κ1) is 11.7. The van der Waals surface area contributed by atoms with Crippen LogP contribution in [0, 0.1) is 0 Å². The molecule has 0 saturated carbocycles. The van der Waals surface area contributed by atoms with Crippen molar-refractivity contribution in [3.63, 3.8) is 0 Å². The summed E-state index contributed by atoms with van der Waals surface area (Å²) in [5, 5.41) is 38.8. The maximum Gasteiger partial charge on any atom is 0.186 e.